The van der Waals surface area contributed by atoms with Crippen LogP contribution in [-0.2, 0) is 84.1 Å². The lowest BCUT2D eigenvalue weighted by atomic mass is 9.72. The highest BCUT2D eigenvalue weighted by Crippen LogP contribution is 2.53. The Morgan fingerprint density at radius 1 is 0.771 bits per heavy atom. The molecule has 1 fully saturated rings. The molecular weight excluding hydrogens is 983 g/mol. The van der Waals surface area contributed by atoms with E-state index in [9.17, 15) is 63.2 Å². The standard InChI is InChI=1S/C45H57N3O19S3/c1-44(14-6-24-68(54,55)56)33-25-29(69(57,58)59)9-11-36(33)47(17-19-65-22-23-66-21-20-64-4)37(44)27-31-42(52)32(43(31)53)28-38-45(2,15-18-63-3)34-26-30(70(60,61)62)8-10-35(34)46(38)16-5-7-41(51)67-48-39(49)12-13-40(48)50/h8-11,25-28,37,52H,5-7,12-24H2,1-4H3,(H,54,55,56)(H,57,58,59)(H,60,61,62)/p-3/b31-27?,38-28+. The molecule has 70 heavy (non-hydrogen) atoms. The van der Waals surface area contributed by atoms with Crippen LogP contribution in [-0.4, -0.2) is 151 Å². The molecule has 25 heteroatoms. The van der Waals surface area contributed by atoms with E-state index in [0.29, 0.717) is 46.5 Å². The number of carbonyl (C=O) groups excluding carboxylic acids is 4. The third kappa shape index (κ3) is 11.8. The number of aliphatic hydroxyl groups excluding tert-OH is 1. The molecule has 0 spiro atoms. The summed E-state index contributed by atoms with van der Waals surface area (Å²) in [6.45, 7) is 4.73. The summed E-state index contributed by atoms with van der Waals surface area (Å²) in [4.78, 5) is 58.8. The lowest BCUT2D eigenvalue weighted by Gasteiger charge is -2.37. The molecule has 3 heterocycles. The van der Waals surface area contributed by atoms with E-state index in [0.717, 1.165) is 12.1 Å². The first-order valence-electron chi connectivity index (χ1n) is 22.2. The average molecular weight is 1040 g/mol. The number of anilines is 2. The zero-order valence-electron chi connectivity index (χ0n) is 38.9. The molecular formula is C45H54N3O19S3-3. The number of carbonyl (C=O) groups is 4. The van der Waals surface area contributed by atoms with E-state index in [1.165, 1.54) is 50.6 Å². The summed E-state index contributed by atoms with van der Waals surface area (Å²) >= 11 is 0. The molecule has 0 aromatic heterocycles. The normalized spacial score (nSPS) is 22.7. The summed E-state index contributed by atoms with van der Waals surface area (Å²) in [6, 6.07) is 6.49. The van der Waals surface area contributed by atoms with Crippen molar-refractivity contribution in [3.63, 3.8) is 0 Å². The van der Waals surface area contributed by atoms with Crippen LogP contribution in [0.1, 0.15) is 69.9 Å². The minimum absolute atomic E-state index is 0.00193. The minimum Gasteiger partial charge on any atom is -0.748 e. The molecule has 2 aromatic rings. The monoisotopic (exact) mass is 1040 g/mol. The van der Waals surface area contributed by atoms with E-state index < -0.39 is 92.1 Å². The molecule has 6 rings (SSSR count). The number of aliphatic hydroxyl groups is 1. The van der Waals surface area contributed by atoms with Gasteiger partial charge < -0.3 is 52.3 Å². The number of Topliss-reactive ketones (excluding diaryl/α,β-unsaturated/α-hetero) is 1. The van der Waals surface area contributed by atoms with Gasteiger partial charge >= 0.3 is 5.97 Å². The maximum atomic E-state index is 14.5. The molecule has 4 aliphatic rings. The fraction of sp³-hybridized carbons (Fsp3) is 0.511. The van der Waals surface area contributed by atoms with Crippen molar-refractivity contribution in [2.24, 2.45) is 0 Å². The number of imide groups is 1. The number of nitrogens with zero attached hydrogens (tertiary/aromatic N) is 3. The van der Waals surface area contributed by atoms with Crippen LogP contribution in [0, 0.1) is 0 Å². The first-order chi connectivity index (χ1) is 32.9. The van der Waals surface area contributed by atoms with Crippen LogP contribution in [0.4, 0.5) is 11.4 Å². The predicted octanol–water partition coefficient (Wildman–Crippen LogP) is 2.35. The van der Waals surface area contributed by atoms with Crippen molar-refractivity contribution in [3.8, 4) is 0 Å². The molecule has 22 nitrogen and oxygen atoms in total. The number of hydrogen-bond acceptors (Lipinski definition) is 21. The van der Waals surface area contributed by atoms with Gasteiger partial charge in [-0.1, -0.05) is 6.92 Å². The first kappa shape index (κ1) is 54.2. The Bertz CT molecular complexity index is 2810. The highest BCUT2D eigenvalue weighted by Gasteiger charge is 2.49. The average Bonchev–Trinajstić information content (AvgIpc) is 3.82. The molecule has 1 saturated heterocycles. The summed E-state index contributed by atoms with van der Waals surface area (Å²) in [5.41, 5.74) is -1.07. The number of amides is 2. The molecule has 384 valence electrons. The van der Waals surface area contributed by atoms with E-state index in [4.69, 9.17) is 23.8 Å². The van der Waals surface area contributed by atoms with Crippen LogP contribution < -0.4 is 9.80 Å². The van der Waals surface area contributed by atoms with Gasteiger partial charge in [0.15, 0.2) is 5.78 Å². The Morgan fingerprint density at radius 2 is 1.36 bits per heavy atom. The van der Waals surface area contributed by atoms with Crippen molar-refractivity contribution in [1.29, 1.82) is 0 Å². The van der Waals surface area contributed by atoms with Crippen molar-refractivity contribution in [1.82, 2.24) is 5.06 Å². The zero-order chi connectivity index (χ0) is 51.4. The van der Waals surface area contributed by atoms with Crippen molar-refractivity contribution in [2.45, 2.75) is 85.5 Å². The van der Waals surface area contributed by atoms with E-state index in [1.807, 2.05) is 0 Å². The van der Waals surface area contributed by atoms with Gasteiger partial charge in [-0.25, -0.2) is 30.0 Å². The zero-order valence-corrected chi connectivity index (χ0v) is 41.3. The fourth-order valence-electron chi connectivity index (χ4n) is 9.26. The Hall–Kier alpha value is -5.09. The SMILES string of the molecule is COCCOCCOCCN1c2ccc(S(=O)(=O)[O-])cc2C(C)(CCCS(=O)(=O)[O-])C1C=C1C(=O)C(/C=C2/N(CCCC(=O)ON3C(=O)CCC3=O)c3ccc(S(=O)(=O)[O-])cc3C2(C)CCOC)=C1O. The van der Waals surface area contributed by atoms with Gasteiger partial charge in [-0.05, 0) is 92.3 Å². The van der Waals surface area contributed by atoms with E-state index in [1.54, 1.807) is 23.6 Å². The number of rotatable bonds is 25. The Morgan fingerprint density at radius 3 is 1.94 bits per heavy atom. The van der Waals surface area contributed by atoms with Gasteiger partial charge in [-0.2, -0.15) is 0 Å². The number of allylic oxidation sites excluding steroid dienone is 4. The van der Waals surface area contributed by atoms with Gasteiger partial charge in [-0.15, -0.1) is 5.06 Å². The lowest BCUT2D eigenvalue weighted by molar-refractivity contribution is -0.197. The van der Waals surface area contributed by atoms with Crippen LogP contribution >= 0.6 is 0 Å². The van der Waals surface area contributed by atoms with Gasteiger partial charge in [-0.3, -0.25) is 14.4 Å². The van der Waals surface area contributed by atoms with Gasteiger partial charge in [0.2, 0.25) is 0 Å². The number of benzene rings is 2. The summed E-state index contributed by atoms with van der Waals surface area (Å²) in [5, 5.41) is 12.3. The molecule has 3 aliphatic heterocycles. The lowest BCUT2D eigenvalue weighted by Crippen LogP contribution is -2.44. The van der Waals surface area contributed by atoms with E-state index >= 15 is 0 Å². The molecule has 0 bridgehead atoms. The predicted molar refractivity (Wildman–Crippen MR) is 243 cm³/mol. The summed E-state index contributed by atoms with van der Waals surface area (Å²) in [6.07, 6.45) is 2.25. The summed E-state index contributed by atoms with van der Waals surface area (Å²) in [5.74, 6) is -4.16. The molecule has 2 amide bonds. The minimum atomic E-state index is -5.00. The second-order valence-electron chi connectivity index (χ2n) is 17.5. The third-order valence-corrected chi connectivity index (χ3v) is 15.4. The van der Waals surface area contributed by atoms with Gasteiger partial charge in [0, 0.05) is 86.8 Å². The molecule has 1 N–H and O–H groups in total. The molecule has 3 unspecified atom stereocenters. The van der Waals surface area contributed by atoms with Crippen LogP contribution in [0.5, 0.6) is 0 Å². The molecule has 2 aromatic carbocycles. The number of hydrogen-bond donors (Lipinski definition) is 1. The number of hydroxylamine groups is 2. The largest absolute Gasteiger partial charge is 0.748 e. The van der Waals surface area contributed by atoms with Crippen molar-refractivity contribution >= 4 is 65.3 Å². The molecule has 3 atom stereocenters. The first-order valence-corrected chi connectivity index (χ1v) is 26.6. The fourth-order valence-corrected chi connectivity index (χ4v) is 10.8. The number of ether oxygens (including phenoxy) is 4. The second-order valence-corrected chi connectivity index (χ2v) is 21.8. The van der Waals surface area contributed by atoms with Gasteiger partial charge in [0.25, 0.3) is 11.8 Å². The van der Waals surface area contributed by atoms with Crippen LogP contribution in [0.15, 0.2) is 80.9 Å². The Balaban J connectivity index is 1.41. The number of methoxy groups -OCH3 is 2. The Kier molecular flexibility index (Phi) is 16.8. The van der Waals surface area contributed by atoms with Gasteiger partial charge in [0.1, 0.15) is 26.0 Å². The van der Waals surface area contributed by atoms with Crippen molar-refractivity contribution in [3.05, 3.63) is 82.3 Å². The topological polar surface area (TPSA) is 316 Å². The molecule has 0 radical (unpaired) electrons. The maximum Gasteiger partial charge on any atom is 0.333 e. The molecule has 0 saturated carbocycles. The highest BCUT2D eigenvalue weighted by atomic mass is 32.2. The number of fused-ring (bicyclic) bond motifs is 2. The number of ketones is 1. The quantitative estimate of drug-likeness (QED) is 0.0645. The second kappa shape index (κ2) is 21.7. The Labute approximate surface area is 406 Å². The van der Waals surface area contributed by atoms with Crippen molar-refractivity contribution in [2.75, 3.05) is 82.5 Å². The smallest absolute Gasteiger partial charge is 0.333 e. The van der Waals surface area contributed by atoms with Crippen molar-refractivity contribution < 1.29 is 87.0 Å². The maximum absolute atomic E-state index is 14.5. The van der Waals surface area contributed by atoms with Crippen LogP contribution in [0.2, 0.25) is 0 Å². The molecule has 1 aliphatic carbocycles. The summed E-state index contributed by atoms with van der Waals surface area (Å²) < 4.78 is 131. The third-order valence-electron chi connectivity index (χ3n) is 12.9. The van der Waals surface area contributed by atoms with Gasteiger partial charge in [0.05, 0.1) is 70.1 Å². The van der Waals surface area contributed by atoms with Crippen LogP contribution in [0.3, 0.4) is 0 Å². The van der Waals surface area contributed by atoms with Crippen LogP contribution in [0.25, 0.3) is 0 Å². The highest BCUT2D eigenvalue weighted by molar-refractivity contribution is 7.86. The van der Waals surface area contributed by atoms with E-state index in [-0.39, 0.29) is 95.6 Å². The summed E-state index contributed by atoms with van der Waals surface area (Å²) in [7, 11) is -11.7. The van der Waals surface area contributed by atoms with E-state index in [2.05, 4.69) is 0 Å².